The largest absolute Gasteiger partial charge is 0.507 e. The van der Waals surface area contributed by atoms with Gasteiger partial charge in [0.25, 0.3) is 0 Å². The van der Waals surface area contributed by atoms with Crippen LogP contribution in [-0.4, -0.2) is 28.1 Å². The molecule has 4 N–H and O–H groups in total. The molecule has 0 aliphatic heterocycles. The molecule has 3 aromatic rings. The third-order valence-electron chi connectivity index (χ3n) is 3.44. The molecular formula is C20H18CoN2O3. The summed E-state index contributed by atoms with van der Waals surface area (Å²) in [7, 11) is 0. The summed E-state index contributed by atoms with van der Waals surface area (Å²) >= 11 is 0. The molecule has 0 aliphatic rings. The Morgan fingerprint density at radius 1 is 0.577 bits per heavy atom. The van der Waals surface area contributed by atoms with Crippen molar-refractivity contribution >= 4 is 23.8 Å². The summed E-state index contributed by atoms with van der Waals surface area (Å²) in [4.78, 5) is 8.82. The van der Waals surface area contributed by atoms with Crippen LogP contribution in [0.3, 0.4) is 0 Å². The summed E-state index contributed by atoms with van der Waals surface area (Å²) < 4.78 is 0. The van der Waals surface area contributed by atoms with E-state index in [0.717, 1.165) is 0 Å². The summed E-state index contributed by atoms with van der Waals surface area (Å²) in [5, 5.41) is 19.6. The fraction of sp³-hybridized carbons (Fsp3) is 0. The molecule has 0 amide bonds. The molecule has 0 atom stereocenters. The first-order valence-electron chi connectivity index (χ1n) is 7.47. The maximum absolute atomic E-state index is 9.79. The first-order chi connectivity index (χ1) is 11.7. The number of phenols is 2. The summed E-state index contributed by atoms with van der Waals surface area (Å²) in [6.07, 6.45) is 3.20. The fourth-order valence-corrected chi connectivity index (χ4v) is 2.15. The summed E-state index contributed by atoms with van der Waals surface area (Å²) in [6.45, 7) is 0. The van der Waals surface area contributed by atoms with Gasteiger partial charge < -0.3 is 15.7 Å². The van der Waals surface area contributed by atoms with Crippen LogP contribution in [-0.2, 0) is 16.8 Å². The first kappa shape index (κ1) is 21.1. The third-order valence-corrected chi connectivity index (χ3v) is 3.44. The maximum atomic E-state index is 9.79. The standard InChI is InChI=1S/C20H16N2O2.Co.H2O/c23-19-11-5-1-7-15(19)13-21-17-9-3-4-10-18(17)22-14-16-8-2-6-12-20(16)24;;/h1-14,23-24H;;1H2. The van der Waals surface area contributed by atoms with Gasteiger partial charge in [0, 0.05) is 40.3 Å². The first-order valence-corrected chi connectivity index (χ1v) is 7.47. The van der Waals surface area contributed by atoms with E-state index < -0.39 is 0 Å². The normalized spacial score (nSPS) is 10.5. The predicted molar refractivity (Wildman–Crippen MR) is 101 cm³/mol. The molecule has 0 fully saturated rings. The number of rotatable bonds is 4. The molecule has 26 heavy (non-hydrogen) atoms. The molecular weight excluding hydrogens is 375 g/mol. The Morgan fingerprint density at radius 3 is 1.31 bits per heavy atom. The van der Waals surface area contributed by atoms with Gasteiger partial charge in [0.2, 0.25) is 0 Å². The fourth-order valence-electron chi connectivity index (χ4n) is 2.15. The van der Waals surface area contributed by atoms with Crippen LogP contribution in [0.15, 0.2) is 82.8 Å². The van der Waals surface area contributed by atoms with Gasteiger partial charge in [-0.2, -0.15) is 0 Å². The van der Waals surface area contributed by atoms with Crippen LogP contribution in [0.5, 0.6) is 11.5 Å². The van der Waals surface area contributed by atoms with E-state index in [4.69, 9.17) is 0 Å². The van der Waals surface area contributed by atoms with Gasteiger partial charge in [-0.1, -0.05) is 36.4 Å². The molecule has 3 aromatic carbocycles. The van der Waals surface area contributed by atoms with Crippen LogP contribution >= 0.6 is 0 Å². The SMILES string of the molecule is O.Oc1ccccc1C=Nc1ccccc1N=Cc1ccccc1O.[Co]. The van der Waals surface area contributed by atoms with Crippen LogP contribution < -0.4 is 0 Å². The van der Waals surface area contributed by atoms with Crippen molar-refractivity contribution in [2.45, 2.75) is 0 Å². The Balaban J connectivity index is 0.00000169. The van der Waals surface area contributed by atoms with Crippen molar-refractivity contribution in [1.82, 2.24) is 0 Å². The average molecular weight is 393 g/mol. The summed E-state index contributed by atoms with van der Waals surface area (Å²) in [5.74, 6) is 0.355. The van der Waals surface area contributed by atoms with E-state index in [1.165, 1.54) is 0 Å². The molecule has 0 heterocycles. The predicted octanol–water partition coefficient (Wildman–Crippen LogP) is 3.77. The van der Waals surface area contributed by atoms with Gasteiger partial charge in [0.15, 0.2) is 0 Å². The van der Waals surface area contributed by atoms with E-state index in [0.29, 0.717) is 22.5 Å². The van der Waals surface area contributed by atoms with Crippen LogP contribution in [0.2, 0.25) is 0 Å². The van der Waals surface area contributed by atoms with E-state index in [1.807, 2.05) is 36.4 Å². The molecule has 135 valence electrons. The number of hydrogen-bond acceptors (Lipinski definition) is 4. The van der Waals surface area contributed by atoms with Crippen molar-refractivity contribution in [1.29, 1.82) is 0 Å². The minimum atomic E-state index is 0. The van der Waals surface area contributed by atoms with Gasteiger partial charge in [-0.05, 0) is 36.4 Å². The second-order valence-corrected chi connectivity index (χ2v) is 5.12. The van der Waals surface area contributed by atoms with Crippen LogP contribution in [0.25, 0.3) is 0 Å². The van der Waals surface area contributed by atoms with Crippen LogP contribution in [0, 0.1) is 0 Å². The van der Waals surface area contributed by atoms with E-state index in [1.54, 1.807) is 48.8 Å². The van der Waals surface area contributed by atoms with Gasteiger partial charge in [-0.15, -0.1) is 0 Å². The smallest absolute Gasteiger partial charge is 0.124 e. The van der Waals surface area contributed by atoms with Crippen molar-refractivity contribution in [2.24, 2.45) is 9.98 Å². The molecule has 0 spiro atoms. The molecule has 0 unspecified atom stereocenters. The van der Waals surface area contributed by atoms with Gasteiger partial charge in [0.1, 0.15) is 11.5 Å². The monoisotopic (exact) mass is 393 g/mol. The number of phenolic OH excluding ortho intramolecular Hbond substituents is 2. The molecule has 5 nitrogen and oxygen atoms in total. The topological polar surface area (TPSA) is 96.7 Å². The van der Waals surface area contributed by atoms with E-state index in [9.17, 15) is 10.2 Å². The van der Waals surface area contributed by atoms with Crippen molar-refractivity contribution in [3.63, 3.8) is 0 Å². The van der Waals surface area contributed by atoms with E-state index in [-0.39, 0.29) is 33.8 Å². The zero-order chi connectivity index (χ0) is 16.8. The Kier molecular flexibility index (Phi) is 8.24. The van der Waals surface area contributed by atoms with Crippen molar-refractivity contribution < 1.29 is 32.5 Å². The minimum Gasteiger partial charge on any atom is -0.507 e. The summed E-state index contributed by atoms with van der Waals surface area (Å²) in [5.41, 5.74) is 2.62. The molecule has 0 saturated carbocycles. The molecule has 0 aliphatic carbocycles. The molecule has 6 heteroatoms. The molecule has 1 radical (unpaired) electrons. The number of hydrogen-bond donors (Lipinski definition) is 2. The Hall–Kier alpha value is -2.93. The molecule has 0 bridgehead atoms. The molecule has 0 aromatic heterocycles. The molecule has 0 saturated heterocycles. The van der Waals surface area contributed by atoms with Crippen molar-refractivity contribution in [2.75, 3.05) is 0 Å². The maximum Gasteiger partial charge on any atom is 0.124 e. The zero-order valence-corrected chi connectivity index (χ0v) is 14.7. The average Bonchev–Trinajstić information content (AvgIpc) is 2.61. The number of aromatic hydroxyl groups is 2. The number of para-hydroxylation sites is 4. The van der Waals surface area contributed by atoms with Gasteiger partial charge >= 0.3 is 0 Å². The quantitative estimate of drug-likeness (QED) is 0.660. The minimum absolute atomic E-state index is 0. The van der Waals surface area contributed by atoms with Crippen LogP contribution in [0.1, 0.15) is 11.1 Å². The van der Waals surface area contributed by atoms with Gasteiger partial charge in [-0.3, -0.25) is 9.98 Å². The number of nitrogens with zero attached hydrogens (tertiary/aromatic N) is 2. The molecule has 3 rings (SSSR count). The summed E-state index contributed by atoms with van der Waals surface area (Å²) in [6, 6.07) is 21.4. The van der Waals surface area contributed by atoms with Gasteiger partial charge in [-0.25, -0.2) is 0 Å². The van der Waals surface area contributed by atoms with Gasteiger partial charge in [0.05, 0.1) is 11.4 Å². The Labute approximate surface area is 161 Å². The second kappa shape index (κ2) is 10.1. The second-order valence-electron chi connectivity index (χ2n) is 5.12. The van der Waals surface area contributed by atoms with Crippen molar-refractivity contribution in [3.05, 3.63) is 83.9 Å². The third kappa shape index (κ3) is 5.28. The van der Waals surface area contributed by atoms with Crippen molar-refractivity contribution in [3.8, 4) is 11.5 Å². The number of benzene rings is 3. The zero-order valence-electron chi connectivity index (χ0n) is 13.7. The Bertz CT molecular complexity index is 836. The van der Waals surface area contributed by atoms with Crippen LogP contribution in [0.4, 0.5) is 11.4 Å². The number of aliphatic imine (C=N–C) groups is 2. The van der Waals surface area contributed by atoms with E-state index >= 15 is 0 Å². The Morgan fingerprint density at radius 2 is 0.923 bits per heavy atom. The van der Waals surface area contributed by atoms with E-state index in [2.05, 4.69) is 9.98 Å².